The second-order valence-corrected chi connectivity index (χ2v) is 5.91. The minimum atomic E-state index is -0.978. The highest BCUT2D eigenvalue weighted by Crippen LogP contribution is 2.35. The van der Waals surface area contributed by atoms with Crippen molar-refractivity contribution in [3.05, 3.63) is 32.8 Å². The van der Waals surface area contributed by atoms with Gasteiger partial charge in [-0.15, -0.1) is 0 Å². The summed E-state index contributed by atoms with van der Waals surface area (Å²) in [4.78, 5) is 23.0. The lowest BCUT2D eigenvalue weighted by Crippen LogP contribution is -2.45. The Morgan fingerprint density at radius 3 is 2.40 bits per heavy atom. The van der Waals surface area contributed by atoms with Crippen molar-refractivity contribution >= 4 is 28.9 Å². The Morgan fingerprint density at radius 2 is 2.00 bits per heavy atom. The van der Waals surface area contributed by atoms with E-state index >= 15 is 0 Å². The second kappa shape index (κ2) is 5.66. The van der Waals surface area contributed by atoms with Gasteiger partial charge in [0.1, 0.15) is 11.6 Å². The van der Waals surface area contributed by atoms with Gasteiger partial charge in [0, 0.05) is 17.3 Å². The molecular weight excluding hydrogens is 284 g/mol. The third kappa shape index (κ3) is 3.60. The maximum Gasteiger partial charge on any atom is 0.323 e. The topological polar surface area (TPSA) is 83.7 Å². The van der Waals surface area contributed by atoms with E-state index in [0.717, 1.165) is 0 Å². The van der Waals surface area contributed by atoms with Gasteiger partial charge in [0.15, 0.2) is 0 Å². The van der Waals surface area contributed by atoms with E-state index in [1.165, 1.54) is 12.1 Å². The molecule has 0 atom stereocenters. The normalized spacial score (nSPS) is 11.2. The van der Waals surface area contributed by atoms with Gasteiger partial charge in [0.25, 0.3) is 5.69 Å². The minimum absolute atomic E-state index is 0.00441. The summed E-state index contributed by atoms with van der Waals surface area (Å²) in [6.45, 7) is 7.08. The predicted octanol–water partition coefficient (Wildman–Crippen LogP) is 3.25. The number of nitrogens with zero attached hydrogens (tertiary/aromatic N) is 2. The molecule has 0 fully saturated rings. The Morgan fingerprint density at radius 1 is 1.45 bits per heavy atom. The summed E-state index contributed by atoms with van der Waals surface area (Å²) in [5.41, 5.74) is 0.549. The summed E-state index contributed by atoms with van der Waals surface area (Å²) in [6, 6.07) is 2.81. The molecule has 0 aliphatic rings. The fourth-order valence-corrected chi connectivity index (χ4v) is 2.13. The maximum absolute atomic E-state index is 11.0. The lowest BCUT2D eigenvalue weighted by Gasteiger charge is -2.37. The molecule has 0 saturated heterocycles. The molecule has 0 aliphatic heterocycles. The SMILES string of the molecule is Cc1cc([N+](=O)[O-])c(Cl)cc1N(CC(=O)O)C(C)(C)C. The number of benzene rings is 1. The van der Waals surface area contributed by atoms with Gasteiger partial charge in [-0.05, 0) is 39.3 Å². The fraction of sp³-hybridized carbons (Fsp3) is 0.462. The summed E-state index contributed by atoms with van der Waals surface area (Å²) in [6.07, 6.45) is 0. The van der Waals surface area contributed by atoms with E-state index in [0.29, 0.717) is 11.3 Å². The molecule has 0 radical (unpaired) electrons. The van der Waals surface area contributed by atoms with Crippen LogP contribution in [0.4, 0.5) is 11.4 Å². The first-order chi connectivity index (χ1) is 9.04. The molecule has 110 valence electrons. The molecule has 0 amide bonds. The number of hydrogen-bond acceptors (Lipinski definition) is 4. The van der Waals surface area contributed by atoms with Crippen LogP contribution in [0.5, 0.6) is 0 Å². The van der Waals surface area contributed by atoms with Gasteiger partial charge >= 0.3 is 5.97 Å². The van der Waals surface area contributed by atoms with Crippen molar-refractivity contribution in [2.75, 3.05) is 11.4 Å². The van der Waals surface area contributed by atoms with E-state index in [2.05, 4.69) is 0 Å². The standard InChI is InChI=1S/C13H17ClN2O4/c1-8-5-11(16(19)20)9(14)6-10(8)15(7-12(17)18)13(2,3)4/h5-6H,7H2,1-4H3,(H,17,18). The number of carboxylic acid groups (broad SMARTS) is 1. The zero-order valence-corrected chi connectivity index (χ0v) is 12.6. The molecule has 0 bridgehead atoms. The molecule has 0 saturated carbocycles. The zero-order valence-electron chi connectivity index (χ0n) is 11.8. The minimum Gasteiger partial charge on any atom is -0.480 e. The van der Waals surface area contributed by atoms with Gasteiger partial charge in [0.05, 0.1) is 4.92 Å². The molecule has 0 heterocycles. The van der Waals surface area contributed by atoms with Crippen molar-refractivity contribution in [2.45, 2.75) is 33.2 Å². The molecule has 0 unspecified atom stereocenters. The lowest BCUT2D eigenvalue weighted by atomic mass is 10.0. The molecule has 0 spiro atoms. The number of aliphatic carboxylic acids is 1. The molecule has 1 N–H and O–H groups in total. The Bertz CT molecular complexity index is 552. The van der Waals surface area contributed by atoms with E-state index in [1.54, 1.807) is 11.8 Å². The molecule has 7 heteroatoms. The molecule has 1 aromatic rings. The van der Waals surface area contributed by atoms with Gasteiger partial charge in [-0.2, -0.15) is 0 Å². The number of nitro benzene ring substituents is 1. The molecule has 1 aromatic carbocycles. The number of carboxylic acids is 1. The Kier molecular flexibility index (Phi) is 4.60. The molecule has 6 nitrogen and oxygen atoms in total. The second-order valence-electron chi connectivity index (χ2n) is 5.50. The first-order valence-corrected chi connectivity index (χ1v) is 6.36. The van der Waals surface area contributed by atoms with Crippen molar-refractivity contribution in [3.8, 4) is 0 Å². The zero-order chi connectivity index (χ0) is 15.7. The number of anilines is 1. The van der Waals surface area contributed by atoms with Crippen LogP contribution in [0.3, 0.4) is 0 Å². The Hall–Kier alpha value is -1.82. The Labute approximate surface area is 122 Å². The van der Waals surface area contributed by atoms with Gasteiger partial charge in [-0.3, -0.25) is 14.9 Å². The van der Waals surface area contributed by atoms with Gasteiger partial charge < -0.3 is 10.0 Å². The van der Waals surface area contributed by atoms with Crippen molar-refractivity contribution in [1.82, 2.24) is 0 Å². The van der Waals surface area contributed by atoms with Gasteiger partial charge in [-0.1, -0.05) is 11.6 Å². The highest BCUT2D eigenvalue weighted by atomic mass is 35.5. The number of hydrogen-bond donors (Lipinski definition) is 1. The first-order valence-electron chi connectivity index (χ1n) is 5.98. The highest BCUT2D eigenvalue weighted by Gasteiger charge is 2.27. The Balaban J connectivity index is 3.38. The third-order valence-corrected chi connectivity index (χ3v) is 3.16. The molecule has 20 heavy (non-hydrogen) atoms. The van der Waals surface area contributed by atoms with Crippen molar-refractivity contribution in [2.24, 2.45) is 0 Å². The van der Waals surface area contributed by atoms with Crippen molar-refractivity contribution in [3.63, 3.8) is 0 Å². The van der Waals surface area contributed by atoms with Gasteiger partial charge in [0.2, 0.25) is 0 Å². The van der Waals surface area contributed by atoms with Crippen LogP contribution in [0.25, 0.3) is 0 Å². The van der Waals surface area contributed by atoms with E-state index in [4.69, 9.17) is 16.7 Å². The summed E-state index contributed by atoms with van der Waals surface area (Å²) >= 11 is 5.91. The summed E-state index contributed by atoms with van der Waals surface area (Å²) in [5.74, 6) is -0.978. The molecule has 1 rings (SSSR count). The average Bonchev–Trinajstić information content (AvgIpc) is 2.26. The van der Waals surface area contributed by atoms with Crippen LogP contribution in [-0.2, 0) is 4.79 Å². The summed E-state index contributed by atoms with van der Waals surface area (Å²) in [7, 11) is 0. The number of rotatable bonds is 4. The summed E-state index contributed by atoms with van der Waals surface area (Å²) in [5, 5.41) is 19.9. The van der Waals surface area contributed by atoms with E-state index in [9.17, 15) is 14.9 Å². The quantitative estimate of drug-likeness (QED) is 0.681. The van der Waals surface area contributed by atoms with Crippen LogP contribution in [0, 0.1) is 17.0 Å². The predicted molar refractivity (Wildman–Crippen MR) is 77.6 cm³/mol. The largest absolute Gasteiger partial charge is 0.480 e. The highest BCUT2D eigenvalue weighted by molar-refractivity contribution is 6.33. The number of halogens is 1. The molecule has 0 aromatic heterocycles. The lowest BCUT2D eigenvalue weighted by molar-refractivity contribution is -0.384. The van der Waals surface area contributed by atoms with Crippen LogP contribution < -0.4 is 4.90 Å². The van der Waals surface area contributed by atoms with Crippen LogP contribution in [-0.4, -0.2) is 28.1 Å². The number of nitro groups is 1. The van der Waals surface area contributed by atoms with Gasteiger partial charge in [-0.25, -0.2) is 0 Å². The number of carbonyl (C=O) groups is 1. The maximum atomic E-state index is 11.0. The average molecular weight is 301 g/mol. The van der Waals surface area contributed by atoms with E-state index in [-0.39, 0.29) is 17.3 Å². The third-order valence-electron chi connectivity index (χ3n) is 2.86. The molecule has 0 aliphatic carbocycles. The van der Waals surface area contributed by atoms with Crippen LogP contribution >= 0.6 is 11.6 Å². The fourth-order valence-electron chi connectivity index (χ4n) is 1.91. The van der Waals surface area contributed by atoms with E-state index in [1.807, 2.05) is 20.8 Å². The van der Waals surface area contributed by atoms with E-state index < -0.39 is 16.4 Å². The van der Waals surface area contributed by atoms with Crippen LogP contribution in [0.15, 0.2) is 12.1 Å². The van der Waals surface area contributed by atoms with Crippen LogP contribution in [0.2, 0.25) is 5.02 Å². The monoisotopic (exact) mass is 300 g/mol. The number of aryl methyl sites for hydroxylation is 1. The summed E-state index contributed by atoms with van der Waals surface area (Å²) < 4.78 is 0. The van der Waals surface area contributed by atoms with Crippen molar-refractivity contribution < 1.29 is 14.8 Å². The molecular formula is C13H17ClN2O4. The first kappa shape index (κ1) is 16.2. The van der Waals surface area contributed by atoms with Crippen LogP contribution in [0.1, 0.15) is 26.3 Å². The van der Waals surface area contributed by atoms with Crippen molar-refractivity contribution in [1.29, 1.82) is 0 Å². The smallest absolute Gasteiger partial charge is 0.323 e.